The molecule has 0 aromatic heterocycles. The zero-order chi connectivity index (χ0) is 13.9. The van der Waals surface area contributed by atoms with Crippen molar-refractivity contribution in [3.8, 4) is 0 Å². The van der Waals surface area contributed by atoms with Gasteiger partial charge in [0.05, 0.1) is 6.54 Å². The summed E-state index contributed by atoms with van der Waals surface area (Å²) in [6, 6.07) is 7.78. The Labute approximate surface area is 129 Å². The van der Waals surface area contributed by atoms with Crippen LogP contribution < -0.4 is 5.32 Å². The number of carbonyl (C=O) groups is 1. The molecule has 20 heavy (non-hydrogen) atoms. The first-order valence-corrected chi connectivity index (χ1v) is 8.63. The first kappa shape index (κ1) is 14.2. The third-order valence-corrected chi connectivity index (χ3v) is 5.36. The number of rotatable bonds is 3. The Hall–Kier alpha value is -0.710. The maximum atomic E-state index is 12.1. The van der Waals surface area contributed by atoms with E-state index in [0.717, 1.165) is 17.1 Å². The van der Waals surface area contributed by atoms with Crippen LogP contribution in [0.5, 0.6) is 0 Å². The third kappa shape index (κ3) is 3.13. The lowest BCUT2D eigenvalue weighted by atomic mass is 10.0. The third-order valence-electron chi connectivity index (χ3n) is 4.06. The van der Waals surface area contributed by atoms with Gasteiger partial charge in [-0.2, -0.15) is 11.8 Å². The highest BCUT2D eigenvalue weighted by atomic mass is 35.5. The van der Waals surface area contributed by atoms with Gasteiger partial charge in [-0.15, -0.1) is 0 Å². The minimum atomic E-state index is 0.00865. The van der Waals surface area contributed by atoms with Gasteiger partial charge in [-0.05, 0) is 48.0 Å². The number of hydrogen-bond donors (Lipinski definition) is 1. The molecule has 1 amide bonds. The molecule has 3 rings (SSSR count). The Morgan fingerprint density at radius 3 is 2.65 bits per heavy atom. The standard InChI is InChI=1S/C15H19ClN2OS/c16-13-3-1-12(2-4-13)15-17-9-14(19)18(15)10-11-5-7-20-8-6-11/h1-4,11,15,17H,5-10H2. The zero-order valence-electron chi connectivity index (χ0n) is 11.3. The maximum absolute atomic E-state index is 12.1. The van der Waals surface area contributed by atoms with E-state index < -0.39 is 0 Å². The second kappa shape index (κ2) is 6.37. The molecule has 0 radical (unpaired) electrons. The van der Waals surface area contributed by atoms with Crippen molar-refractivity contribution in [2.24, 2.45) is 5.92 Å². The number of nitrogens with zero attached hydrogens (tertiary/aromatic N) is 1. The lowest BCUT2D eigenvalue weighted by Crippen LogP contribution is -2.35. The Morgan fingerprint density at radius 1 is 1.25 bits per heavy atom. The number of halogens is 1. The fourth-order valence-electron chi connectivity index (χ4n) is 2.90. The summed E-state index contributed by atoms with van der Waals surface area (Å²) in [7, 11) is 0. The number of hydrogen-bond acceptors (Lipinski definition) is 3. The molecule has 0 bridgehead atoms. The molecule has 5 heteroatoms. The van der Waals surface area contributed by atoms with Gasteiger partial charge in [0, 0.05) is 11.6 Å². The van der Waals surface area contributed by atoms with E-state index in [0.29, 0.717) is 12.5 Å². The first-order valence-electron chi connectivity index (χ1n) is 7.10. The van der Waals surface area contributed by atoms with Crippen molar-refractivity contribution < 1.29 is 4.79 Å². The van der Waals surface area contributed by atoms with Crippen molar-refractivity contribution in [1.82, 2.24) is 10.2 Å². The Morgan fingerprint density at radius 2 is 1.95 bits per heavy atom. The van der Waals surface area contributed by atoms with Crippen molar-refractivity contribution in [3.05, 3.63) is 34.9 Å². The molecule has 0 spiro atoms. The van der Waals surface area contributed by atoms with E-state index in [9.17, 15) is 4.79 Å². The SMILES string of the molecule is O=C1CNC(c2ccc(Cl)cc2)N1CC1CCSCC1. The summed E-state index contributed by atoms with van der Waals surface area (Å²) in [5.41, 5.74) is 1.12. The highest BCUT2D eigenvalue weighted by Crippen LogP contribution is 2.29. The topological polar surface area (TPSA) is 32.3 Å². The number of nitrogens with one attached hydrogen (secondary N) is 1. The van der Waals surface area contributed by atoms with Gasteiger partial charge < -0.3 is 4.90 Å². The fourth-order valence-corrected chi connectivity index (χ4v) is 4.23. The normalized spacial score (nSPS) is 24.4. The zero-order valence-corrected chi connectivity index (χ0v) is 12.9. The Bertz CT molecular complexity index is 473. The predicted molar refractivity (Wildman–Crippen MR) is 84.0 cm³/mol. The van der Waals surface area contributed by atoms with Crippen molar-refractivity contribution in [2.75, 3.05) is 24.6 Å². The van der Waals surface area contributed by atoms with E-state index in [-0.39, 0.29) is 12.1 Å². The van der Waals surface area contributed by atoms with Crippen molar-refractivity contribution in [3.63, 3.8) is 0 Å². The smallest absolute Gasteiger partial charge is 0.238 e. The van der Waals surface area contributed by atoms with Gasteiger partial charge in [0.2, 0.25) is 5.91 Å². The van der Waals surface area contributed by atoms with Crippen LogP contribution in [-0.2, 0) is 4.79 Å². The van der Waals surface area contributed by atoms with Gasteiger partial charge in [-0.25, -0.2) is 0 Å². The second-order valence-corrected chi connectivity index (χ2v) is 7.10. The van der Waals surface area contributed by atoms with Crippen LogP contribution in [0.15, 0.2) is 24.3 Å². The van der Waals surface area contributed by atoms with Crippen LogP contribution in [0.4, 0.5) is 0 Å². The minimum absolute atomic E-state index is 0.00865. The molecule has 1 aromatic carbocycles. The summed E-state index contributed by atoms with van der Waals surface area (Å²) < 4.78 is 0. The molecule has 1 unspecified atom stereocenters. The quantitative estimate of drug-likeness (QED) is 0.931. The summed E-state index contributed by atoms with van der Waals surface area (Å²) in [5, 5.41) is 4.04. The van der Waals surface area contributed by atoms with Crippen molar-refractivity contribution in [1.29, 1.82) is 0 Å². The Kier molecular flexibility index (Phi) is 4.54. The van der Waals surface area contributed by atoms with Crippen LogP contribution in [0.2, 0.25) is 5.02 Å². The van der Waals surface area contributed by atoms with Gasteiger partial charge >= 0.3 is 0 Å². The molecule has 3 nitrogen and oxygen atoms in total. The minimum Gasteiger partial charge on any atom is -0.322 e. The van der Waals surface area contributed by atoms with Crippen molar-refractivity contribution >= 4 is 29.3 Å². The summed E-state index contributed by atoms with van der Waals surface area (Å²) in [6.07, 6.45) is 2.46. The number of benzene rings is 1. The van der Waals surface area contributed by atoms with Crippen LogP contribution in [0.25, 0.3) is 0 Å². The van der Waals surface area contributed by atoms with Gasteiger partial charge in [-0.3, -0.25) is 10.1 Å². The molecule has 2 aliphatic heterocycles. The molecule has 1 atom stereocenters. The lowest BCUT2D eigenvalue weighted by Gasteiger charge is -2.30. The van der Waals surface area contributed by atoms with Gasteiger partial charge in [-0.1, -0.05) is 23.7 Å². The molecule has 0 aliphatic carbocycles. The molecular weight excluding hydrogens is 292 g/mol. The highest BCUT2D eigenvalue weighted by Gasteiger charge is 2.33. The van der Waals surface area contributed by atoms with E-state index >= 15 is 0 Å². The second-order valence-electron chi connectivity index (χ2n) is 5.44. The molecule has 0 saturated carbocycles. The van der Waals surface area contributed by atoms with E-state index in [1.165, 1.54) is 24.3 Å². The number of amides is 1. The molecule has 1 N–H and O–H groups in total. The summed E-state index contributed by atoms with van der Waals surface area (Å²) in [5.74, 6) is 3.32. The average Bonchev–Trinajstić information content (AvgIpc) is 2.83. The van der Waals surface area contributed by atoms with Gasteiger partial charge in [0.1, 0.15) is 6.17 Å². The first-order chi connectivity index (χ1) is 9.74. The monoisotopic (exact) mass is 310 g/mol. The van der Waals surface area contributed by atoms with Gasteiger partial charge in [0.15, 0.2) is 0 Å². The van der Waals surface area contributed by atoms with Crippen LogP contribution >= 0.6 is 23.4 Å². The molecular formula is C15H19ClN2OS. The number of carbonyl (C=O) groups excluding carboxylic acids is 1. The number of thioether (sulfide) groups is 1. The van der Waals surface area contributed by atoms with E-state index in [2.05, 4.69) is 5.32 Å². The van der Waals surface area contributed by atoms with Crippen LogP contribution in [0.1, 0.15) is 24.6 Å². The molecule has 2 aliphatic rings. The van der Waals surface area contributed by atoms with Crippen molar-refractivity contribution in [2.45, 2.75) is 19.0 Å². The molecule has 108 valence electrons. The van der Waals surface area contributed by atoms with E-state index in [1.807, 2.05) is 40.9 Å². The van der Waals surface area contributed by atoms with E-state index in [1.54, 1.807) is 0 Å². The summed E-state index contributed by atoms with van der Waals surface area (Å²) in [6.45, 7) is 1.31. The van der Waals surface area contributed by atoms with E-state index in [4.69, 9.17) is 11.6 Å². The predicted octanol–water partition coefficient (Wildman–Crippen LogP) is 2.91. The fraction of sp³-hybridized carbons (Fsp3) is 0.533. The summed E-state index contributed by atoms with van der Waals surface area (Å²) in [4.78, 5) is 14.1. The molecule has 2 fully saturated rings. The highest BCUT2D eigenvalue weighted by molar-refractivity contribution is 7.99. The van der Waals surface area contributed by atoms with Crippen LogP contribution in [0, 0.1) is 5.92 Å². The largest absolute Gasteiger partial charge is 0.322 e. The van der Waals surface area contributed by atoms with Crippen LogP contribution in [0.3, 0.4) is 0 Å². The molecule has 1 aromatic rings. The van der Waals surface area contributed by atoms with Gasteiger partial charge in [0.25, 0.3) is 0 Å². The maximum Gasteiger partial charge on any atom is 0.238 e. The Balaban J connectivity index is 1.72. The lowest BCUT2D eigenvalue weighted by molar-refractivity contribution is -0.128. The van der Waals surface area contributed by atoms with Crippen LogP contribution in [-0.4, -0.2) is 35.4 Å². The molecule has 2 saturated heterocycles. The average molecular weight is 311 g/mol. The summed E-state index contributed by atoms with van der Waals surface area (Å²) >= 11 is 7.96. The molecule has 2 heterocycles.